The number of carbonyl (C=O) groups is 1. The molecule has 4 nitrogen and oxygen atoms in total. The molecule has 0 bridgehead atoms. The molecule has 0 radical (unpaired) electrons. The lowest BCUT2D eigenvalue weighted by Gasteiger charge is -2.30. The number of allylic oxidation sites excluding steroid dienone is 2. The minimum atomic E-state index is -1.01. The molecular weight excluding hydrogens is 300 g/mol. The molecular formula is C20H33N2O2-. The summed E-state index contributed by atoms with van der Waals surface area (Å²) in [5.41, 5.74) is 0.863. The van der Waals surface area contributed by atoms with Crippen molar-refractivity contribution in [2.45, 2.75) is 96.1 Å². The third kappa shape index (κ3) is 7.16. The summed E-state index contributed by atoms with van der Waals surface area (Å²) in [5.74, 6) is -1.44. The first-order valence-electron chi connectivity index (χ1n) is 9.83. The van der Waals surface area contributed by atoms with E-state index in [4.69, 9.17) is 0 Å². The quantitative estimate of drug-likeness (QED) is 0.839. The summed E-state index contributed by atoms with van der Waals surface area (Å²) in [6.07, 6.45) is 19.6. The van der Waals surface area contributed by atoms with Crippen molar-refractivity contribution < 1.29 is 9.90 Å². The number of hydrogen-bond donors (Lipinski definition) is 1. The molecule has 1 N–H and O–H groups in total. The number of rotatable bonds is 5. The first-order chi connectivity index (χ1) is 11.6. The van der Waals surface area contributed by atoms with E-state index in [1.807, 2.05) is 6.08 Å². The van der Waals surface area contributed by atoms with Crippen LogP contribution in [-0.2, 0) is 4.79 Å². The number of carboxylic acid groups (broad SMARTS) is 1. The van der Waals surface area contributed by atoms with E-state index in [0.29, 0.717) is 6.42 Å². The molecule has 3 aliphatic rings. The Morgan fingerprint density at radius 2 is 1.67 bits per heavy atom. The van der Waals surface area contributed by atoms with Crippen LogP contribution in [0.1, 0.15) is 84.0 Å². The zero-order valence-electron chi connectivity index (χ0n) is 15.1. The van der Waals surface area contributed by atoms with Crippen LogP contribution >= 0.6 is 0 Å². The topological polar surface area (TPSA) is 64.5 Å². The summed E-state index contributed by atoms with van der Waals surface area (Å²) in [5, 5.41) is 14.2. The lowest BCUT2D eigenvalue weighted by atomic mass is 9.91. The molecule has 24 heavy (non-hydrogen) atoms. The number of aliphatic imine (C=N–C) groups is 1. The van der Waals surface area contributed by atoms with E-state index < -0.39 is 11.9 Å². The summed E-state index contributed by atoms with van der Waals surface area (Å²) in [6, 6.07) is 1.74. The predicted octanol–water partition coefficient (Wildman–Crippen LogP) is 3.36. The number of nitrogens with one attached hydrogen (secondary N) is 1. The molecule has 0 saturated heterocycles. The predicted molar refractivity (Wildman–Crippen MR) is 96.9 cm³/mol. The molecule has 0 amide bonds. The van der Waals surface area contributed by atoms with Crippen molar-refractivity contribution in [1.29, 1.82) is 0 Å². The Morgan fingerprint density at radius 3 is 2.08 bits per heavy atom. The molecule has 3 rings (SSSR count). The Kier molecular flexibility index (Phi) is 8.51. The van der Waals surface area contributed by atoms with Gasteiger partial charge in [0.25, 0.3) is 0 Å². The summed E-state index contributed by atoms with van der Waals surface area (Å²) < 4.78 is 0. The molecule has 1 aliphatic heterocycles. The maximum atomic E-state index is 10.3. The molecule has 0 aromatic heterocycles. The molecule has 2 saturated carbocycles. The maximum Gasteiger partial charge on any atom is 0.0446 e. The number of nitrogens with zero attached hydrogens (tertiary/aromatic N) is 1. The van der Waals surface area contributed by atoms with Crippen LogP contribution in [0.3, 0.4) is 0 Å². The average Bonchev–Trinajstić information content (AvgIpc) is 3.10. The van der Waals surface area contributed by atoms with Crippen molar-refractivity contribution in [3.8, 4) is 0 Å². The average molecular weight is 333 g/mol. The molecule has 136 valence electrons. The fourth-order valence-corrected chi connectivity index (χ4v) is 3.82. The highest BCUT2D eigenvalue weighted by Gasteiger charge is 2.19. The van der Waals surface area contributed by atoms with Gasteiger partial charge in [-0.15, -0.1) is 0 Å². The fraction of sp³-hybridized carbons (Fsp3) is 0.800. The van der Waals surface area contributed by atoms with Gasteiger partial charge in [0.1, 0.15) is 0 Å². The minimum absolute atomic E-state index is 0.434. The number of carboxylic acids is 1. The Bertz CT molecular complexity index is 417. The van der Waals surface area contributed by atoms with Crippen LogP contribution in [-0.4, -0.2) is 24.3 Å². The molecule has 2 aliphatic carbocycles. The van der Waals surface area contributed by atoms with Crippen molar-refractivity contribution in [3.63, 3.8) is 0 Å². The fourth-order valence-electron chi connectivity index (χ4n) is 3.82. The molecule has 4 heteroatoms. The van der Waals surface area contributed by atoms with Gasteiger partial charge in [0.15, 0.2) is 0 Å². The lowest BCUT2D eigenvalue weighted by molar-refractivity contribution is -0.310. The van der Waals surface area contributed by atoms with Gasteiger partial charge in [-0.3, -0.25) is 4.99 Å². The first kappa shape index (κ1) is 19.2. The van der Waals surface area contributed by atoms with Gasteiger partial charge in [-0.05, 0) is 32.1 Å². The van der Waals surface area contributed by atoms with Gasteiger partial charge < -0.3 is 15.2 Å². The van der Waals surface area contributed by atoms with E-state index in [-0.39, 0.29) is 0 Å². The zero-order valence-corrected chi connectivity index (χ0v) is 15.1. The monoisotopic (exact) mass is 333 g/mol. The van der Waals surface area contributed by atoms with Crippen molar-refractivity contribution >= 4 is 12.2 Å². The molecule has 1 heterocycles. The van der Waals surface area contributed by atoms with Gasteiger partial charge >= 0.3 is 0 Å². The van der Waals surface area contributed by atoms with Crippen molar-refractivity contribution in [1.82, 2.24) is 5.32 Å². The number of aliphatic carboxylic acids is 1. The van der Waals surface area contributed by atoms with E-state index in [9.17, 15) is 9.90 Å². The van der Waals surface area contributed by atoms with Gasteiger partial charge in [-0.25, -0.2) is 0 Å². The molecule has 0 aromatic rings. The normalized spacial score (nSPS) is 23.3. The van der Waals surface area contributed by atoms with Crippen molar-refractivity contribution in [3.05, 3.63) is 11.8 Å². The molecule has 0 unspecified atom stereocenters. The van der Waals surface area contributed by atoms with Crippen LogP contribution in [0.4, 0.5) is 0 Å². The van der Waals surface area contributed by atoms with E-state index in [1.54, 1.807) is 13.1 Å². The Balaban J connectivity index is 0.000000177. The highest BCUT2D eigenvalue weighted by Crippen LogP contribution is 2.22. The van der Waals surface area contributed by atoms with Crippen LogP contribution in [0.15, 0.2) is 16.8 Å². The maximum absolute atomic E-state index is 10.3. The highest BCUT2D eigenvalue weighted by molar-refractivity contribution is 5.69. The third-order valence-corrected chi connectivity index (χ3v) is 5.32. The SMILES string of the molecule is C1CCC(NC2CCCCC2)CC1.C[C@@H](CC1=CCC=N1)C(=O)[O-]. The second-order valence-corrected chi connectivity index (χ2v) is 7.50. The van der Waals surface area contributed by atoms with Gasteiger partial charge in [-0.1, -0.05) is 51.5 Å². The van der Waals surface area contributed by atoms with Gasteiger partial charge in [0.2, 0.25) is 0 Å². The highest BCUT2D eigenvalue weighted by atomic mass is 16.4. The second kappa shape index (κ2) is 10.7. The van der Waals surface area contributed by atoms with Crippen molar-refractivity contribution in [2.75, 3.05) is 0 Å². The zero-order chi connectivity index (χ0) is 17.2. The number of hydrogen-bond acceptors (Lipinski definition) is 4. The Hall–Kier alpha value is -1.16. The molecule has 0 aromatic carbocycles. The van der Waals surface area contributed by atoms with E-state index in [1.165, 1.54) is 64.2 Å². The van der Waals surface area contributed by atoms with Crippen LogP contribution in [0.25, 0.3) is 0 Å². The number of carbonyl (C=O) groups excluding carboxylic acids is 1. The van der Waals surface area contributed by atoms with E-state index >= 15 is 0 Å². The smallest absolute Gasteiger partial charge is 0.0446 e. The molecule has 0 spiro atoms. The van der Waals surface area contributed by atoms with Crippen molar-refractivity contribution in [2.24, 2.45) is 10.9 Å². The standard InChI is InChI=1S/C12H23N.C8H11NO2/c1-3-7-11(8-4-1)13-12-9-5-2-6-10-12;1-6(8(10)11)5-7-3-2-4-9-7/h11-13H,1-10H2;3-4,6H,2,5H2,1H3,(H,10,11)/p-1/t;6-/m.0/s1. The first-order valence-corrected chi connectivity index (χ1v) is 9.83. The summed E-state index contributed by atoms with van der Waals surface area (Å²) in [4.78, 5) is 14.3. The van der Waals surface area contributed by atoms with Gasteiger partial charge in [-0.2, -0.15) is 0 Å². The summed E-state index contributed by atoms with van der Waals surface area (Å²) in [7, 11) is 0. The van der Waals surface area contributed by atoms with E-state index in [2.05, 4.69) is 10.3 Å². The Morgan fingerprint density at radius 1 is 1.12 bits per heavy atom. The van der Waals surface area contributed by atoms with Crippen LogP contribution in [0.5, 0.6) is 0 Å². The van der Waals surface area contributed by atoms with Crippen LogP contribution < -0.4 is 10.4 Å². The third-order valence-electron chi connectivity index (χ3n) is 5.32. The molecule has 1 atom stereocenters. The van der Waals surface area contributed by atoms with Crippen LogP contribution in [0, 0.1) is 5.92 Å². The lowest BCUT2D eigenvalue weighted by Crippen LogP contribution is -2.40. The summed E-state index contributed by atoms with van der Waals surface area (Å²) >= 11 is 0. The van der Waals surface area contributed by atoms with Crippen LogP contribution in [0.2, 0.25) is 0 Å². The van der Waals surface area contributed by atoms with Gasteiger partial charge in [0, 0.05) is 42.3 Å². The largest absolute Gasteiger partial charge is 0.550 e. The summed E-state index contributed by atoms with van der Waals surface area (Å²) in [6.45, 7) is 1.63. The second-order valence-electron chi connectivity index (χ2n) is 7.50. The Labute approximate surface area is 146 Å². The van der Waals surface area contributed by atoms with E-state index in [0.717, 1.165) is 24.2 Å². The van der Waals surface area contributed by atoms with Gasteiger partial charge in [0.05, 0.1) is 0 Å². The minimum Gasteiger partial charge on any atom is -0.550 e. The molecule has 2 fully saturated rings.